The zero-order valence-electron chi connectivity index (χ0n) is 14.7. The highest BCUT2D eigenvalue weighted by molar-refractivity contribution is 5.82. The lowest BCUT2D eigenvalue weighted by molar-refractivity contribution is 0.355. The van der Waals surface area contributed by atoms with Crippen LogP contribution in [0.4, 0.5) is 0 Å². The van der Waals surface area contributed by atoms with Crippen LogP contribution in [-0.2, 0) is 0 Å². The number of rotatable bonds is 4. The van der Waals surface area contributed by atoms with Crippen LogP contribution in [0.25, 0.3) is 28.2 Å². The Morgan fingerprint density at radius 2 is 1.74 bits per heavy atom. The van der Waals surface area contributed by atoms with Crippen LogP contribution in [0, 0.1) is 0 Å². The number of imidazole rings is 1. The summed E-state index contributed by atoms with van der Waals surface area (Å²) in [5, 5.41) is 20.0. The van der Waals surface area contributed by atoms with Crippen LogP contribution in [0.5, 0.6) is 23.0 Å². The lowest BCUT2D eigenvalue weighted by Crippen LogP contribution is -2.00. The fourth-order valence-electron chi connectivity index (χ4n) is 3.01. The van der Waals surface area contributed by atoms with Crippen molar-refractivity contribution in [3.8, 4) is 40.1 Å². The molecule has 2 aromatic carbocycles. The van der Waals surface area contributed by atoms with E-state index >= 15 is 0 Å². The van der Waals surface area contributed by atoms with Gasteiger partial charge in [-0.25, -0.2) is 9.97 Å². The van der Waals surface area contributed by atoms with Gasteiger partial charge in [0.15, 0.2) is 23.0 Å². The molecule has 0 spiro atoms. The lowest BCUT2D eigenvalue weighted by atomic mass is 10.1. The third-order valence-corrected chi connectivity index (χ3v) is 4.26. The summed E-state index contributed by atoms with van der Waals surface area (Å²) in [5.74, 6) is 1.56. The number of aromatic hydroxyl groups is 2. The Morgan fingerprint density at radius 1 is 0.926 bits per heavy atom. The molecule has 0 amide bonds. The van der Waals surface area contributed by atoms with Gasteiger partial charge in [0.25, 0.3) is 0 Å². The molecule has 4 rings (SSSR count). The molecule has 0 atom stereocenters. The molecular formula is C20H17N3O4. The van der Waals surface area contributed by atoms with Crippen molar-refractivity contribution in [3.63, 3.8) is 0 Å². The molecule has 136 valence electrons. The molecule has 4 aromatic rings. The molecule has 7 heteroatoms. The number of methoxy groups -OCH3 is 2. The van der Waals surface area contributed by atoms with Crippen LogP contribution in [0.15, 0.2) is 54.7 Å². The van der Waals surface area contributed by atoms with Crippen molar-refractivity contribution in [2.45, 2.75) is 0 Å². The molecule has 0 radical (unpaired) electrons. The third-order valence-electron chi connectivity index (χ3n) is 4.26. The predicted molar refractivity (Wildman–Crippen MR) is 101 cm³/mol. The number of fused-ring (bicyclic) bond motifs is 1. The van der Waals surface area contributed by atoms with Gasteiger partial charge in [-0.15, -0.1) is 0 Å². The number of aromatic nitrogens is 3. The van der Waals surface area contributed by atoms with E-state index < -0.39 is 0 Å². The van der Waals surface area contributed by atoms with Gasteiger partial charge < -0.3 is 19.7 Å². The molecule has 0 fully saturated rings. The van der Waals surface area contributed by atoms with Crippen LogP contribution in [-0.4, -0.2) is 39.0 Å². The number of nitrogens with zero attached hydrogens (tertiary/aromatic N) is 3. The number of hydrogen-bond donors (Lipinski definition) is 2. The van der Waals surface area contributed by atoms with Crippen molar-refractivity contribution in [2.24, 2.45) is 0 Å². The zero-order chi connectivity index (χ0) is 19.0. The first-order chi connectivity index (χ1) is 13.1. The molecule has 2 heterocycles. The Balaban J connectivity index is 2.02. The van der Waals surface area contributed by atoms with Crippen LogP contribution in [0.1, 0.15) is 0 Å². The molecule has 0 saturated heterocycles. The van der Waals surface area contributed by atoms with Gasteiger partial charge in [0, 0.05) is 18.3 Å². The monoisotopic (exact) mass is 363 g/mol. The van der Waals surface area contributed by atoms with E-state index in [1.54, 1.807) is 38.6 Å². The zero-order valence-corrected chi connectivity index (χ0v) is 14.7. The minimum absolute atomic E-state index is 0.0249. The minimum Gasteiger partial charge on any atom is -0.508 e. The molecule has 2 aromatic heterocycles. The van der Waals surface area contributed by atoms with Crippen molar-refractivity contribution in [3.05, 3.63) is 54.7 Å². The summed E-state index contributed by atoms with van der Waals surface area (Å²) >= 11 is 0. The van der Waals surface area contributed by atoms with Crippen molar-refractivity contribution in [1.29, 1.82) is 0 Å². The van der Waals surface area contributed by atoms with Gasteiger partial charge in [-0.3, -0.25) is 4.57 Å². The largest absolute Gasteiger partial charge is 0.508 e. The summed E-state index contributed by atoms with van der Waals surface area (Å²) < 4.78 is 12.5. The molecule has 0 unspecified atom stereocenters. The smallest absolute Gasteiger partial charge is 0.164 e. The van der Waals surface area contributed by atoms with E-state index in [1.807, 2.05) is 22.8 Å². The fourth-order valence-corrected chi connectivity index (χ4v) is 3.01. The van der Waals surface area contributed by atoms with Crippen LogP contribution >= 0.6 is 0 Å². The van der Waals surface area contributed by atoms with Gasteiger partial charge in [0.05, 0.1) is 25.5 Å². The van der Waals surface area contributed by atoms with Gasteiger partial charge in [-0.1, -0.05) is 0 Å². The standard InChI is InChI=1S/C20H17N3O4/c1-26-17-8-5-12(10-18(17)27-2)23-19(14-7-6-13(24)11-16(14)25)22-15-4-3-9-21-20(15)23/h3-11,24-25H,1-2H3. The second-order valence-electron chi connectivity index (χ2n) is 5.86. The van der Waals surface area contributed by atoms with Gasteiger partial charge in [0.2, 0.25) is 0 Å². The number of ether oxygens (including phenoxy) is 2. The Bertz CT molecular complexity index is 1140. The van der Waals surface area contributed by atoms with E-state index in [0.717, 1.165) is 5.69 Å². The Morgan fingerprint density at radius 3 is 2.48 bits per heavy atom. The average Bonchev–Trinajstić information content (AvgIpc) is 3.06. The SMILES string of the molecule is COc1ccc(-n2c(-c3ccc(O)cc3O)nc3cccnc32)cc1OC. The number of hydrogen-bond acceptors (Lipinski definition) is 6. The van der Waals surface area contributed by atoms with Crippen LogP contribution in [0.3, 0.4) is 0 Å². The number of phenols is 2. The fraction of sp³-hybridized carbons (Fsp3) is 0.100. The Labute approximate surface area is 155 Å². The molecule has 0 aliphatic carbocycles. The summed E-state index contributed by atoms with van der Waals surface area (Å²) in [6.07, 6.45) is 1.68. The lowest BCUT2D eigenvalue weighted by Gasteiger charge is -2.13. The average molecular weight is 363 g/mol. The highest BCUT2D eigenvalue weighted by Crippen LogP contribution is 2.37. The highest BCUT2D eigenvalue weighted by atomic mass is 16.5. The first-order valence-corrected chi connectivity index (χ1v) is 8.20. The molecule has 0 saturated carbocycles. The van der Waals surface area contributed by atoms with Crippen molar-refractivity contribution in [1.82, 2.24) is 14.5 Å². The maximum absolute atomic E-state index is 10.3. The molecule has 0 aliphatic rings. The quantitative estimate of drug-likeness (QED) is 0.577. The Kier molecular flexibility index (Phi) is 4.04. The predicted octanol–water partition coefficient (Wildman–Crippen LogP) is 3.52. The Hall–Kier alpha value is -3.74. The molecule has 0 aliphatic heterocycles. The normalized spacial score (nSPS) is 10.9. The van der Waals surface area contributed by atoms with E-state index in [4.69, 9.17) is 9.47 Å². The summed E-state index contributed by atoms with van der Waals surface area (Å²) in [7, 11) is 3.14. The minimum atomic E-state index is -0.0768. The van der Waals surface area contributed by atoms with E-state index in [2.05, 4.69) is 9.97 Å². The number of benzene rings is 2. The summed E-state index contributed by atoms with van der Waals surface area (Å²) in [5.41, 5.74) is 2.53. The van der Waals surface area contributed by atoms with Crippen molar-refractivity contribution < 1.29 is 19.7 Å². The first kappa shape index (κ1) is 16.7. The van der Waals surface area contributed by atoms with E-state index in [9.17, 15) is 10.2 Å². The van der Waals surface area contributed by atoms with Gasteiger partial charge in [0.1, 0.15) is 17.0 Å². The molecule has 7 nitrogen and oxygen atoms in total. The van der Waals surface area contributed by atoms with Crippen molar-refractivity contribution >= 4 is 11.2 Å². The maximum Gasteiger partial charge on any atom is 0.164 e. The molecule has 0 bridgehead atoms. The third kappa shape index (κ3) is 2.79. The van der Waals surface area contributed by atoms with E-state index in [1.165, 1.54) is 12.1 Å². The summed E-state index contributed by atoms with van der Waals surface area (Å²) in [6.45, 7) is 0. The van der Waals surface area contributed by atoms with Crippen LogP contribution < -0.4 is 9.47 Å². The van der Waals surface area contributed by atoms with Crippen LogP contribution in [0.2, 0.25) is 0 Å². The topological polar surface area (TPSA) is 89.6 Å². The second kappa shape index (κ2) is 6.53. The number of phenolic OH excluding ortho intramolecular Hbond substituents is 2. The van der Waals surface area contributed by atoms with Gasteiger partial charge in [-0.05, 0) is 36.4 Å². The molecule has 27 heavy (non-hydrogen) atoms. The molecular weight excluding hydrogens is 346 g/mol. The first-order valence-electron chi connectivity index (χ1n) is 8.20. The van der Waals surface area contributed by atoms with Gasteiger partial charge >= 0.3 is 0 Å². The second-order valence-corrected chi connectivity index (χ2v) is 5.86. The summed E-state index contributed by atoms with van der Waals surface area (Å²) in [6, 6.07) is 13.5. The van der Waals surface area contributed by atoms with E-state index in [0.29, 0.717) is 34.1 Å². The molecule has 2 N–H and O–H groups in total. The van der Waals surface area contributed by atoms with Gasteiger partial charge in [-0.2, -0.15) is 0 Å². The number of pyridine rings is 1. The van der Waals surface area contributed by atoms with E-state index in [-0.39, 0.29) is 11.5 Å². The van der Waals surface area contributed by atoms with Crippen molar-refractivity contribution in [2.75, 3.05) is 14.2 Å². The maximum atomic E-state index is 10.3. The summed E-state index contributed by atoms with van der Waals surface area (Å²) in [4.78, 5) is 9.08. The highest BCUT2D eigenvalue weighted by Gasteiger charge is 2.19.